The van der Waals surface area contributed by atoms with Gasteiger partial charge in [-0.05, 0) is 18.6 Å². The lowest BCUT2D eigenvalue weighted by atomic mass is 10.2. The van der Waals surface area contributed by atoms with E-state index >= 15 is 0 Å². The van der Waals surface area contributed by atoms with E-state index in [-0.39, 0.29) is 24.2 Å². The maximum Gasteiger partial charge on any atom is 0.339 e. The number of hydrogen-bond donors (Lipinski definition) is 2. The zero-order chi connectivity index (χ0) is 17.7. The molecule has 0 aliphatic heterocycles. The van der Waals surface area contributed by atoms with Gasteiger partial charge in [0.25, 0.3) is 11.5 Å². The van der Waals surface area contributed by atoms with Crippen molar-refractivity contribution in [1.29, 1.82) is 0 Å². The van der Waals surface area contributed by atoms with Crippen molar-refractivity contribution in [2.75, 3.05) is 11.1 Å². The second-order valence-corrected chi connectivity index (χ2v) is 5.12. The second-order valence-electron chi connectivity index (χ2n) is 5.12. The number of aromatic nitrogens is 2. The fraction of sp³-hybridized carbons (Fsp3) is 0.250. The first kappa shape index (κ1) is 17.2. The Morgan fingerprint density at radius 3 is 2.50 bits per heavy atom. The molecule has 1 aromatic heterocycles. The first-order valence-corrected chi connectivity index (χ1v) is 7.48. The van der Waals surface area contributed by atoms with Crippen LogP contribution < -0.4 is 22.3 Å². The summed E-state index contributed by atoms with van der Waals surface area (Å²) in [6, 6.07) is 8.08. The standard InChI is InChI=1S/C16H18N4O4/c1-2-3-9-19-15(23)12(18-10-21)13(17)20(16(19)24)14(22)11-7-5-4-6-8-11/h4-8,10H,2-3,9,17H2,1H3,(H,18,21). The van der Waals surface area contributed by atoms with E-state index < -0.39 is 23.0 Å². The first-order chi connectivity index (χ1) is 11.5. The van der Waals surface area contributed by atoms with Crippen LogP contribution in [0, 0.1) is 0 Å². The fourth-order valence-corrected chi connectivity index (χ4v) is 2.28. The van der Waals surface area contributed by atoms with E-state index in [4.69, 9.17) is 5.73 Å². The average molecular weight is 330 g/mol. The van der Waals surface area contributed by atoms with E-state index in [1.165, 1.54) is 12.1 Å². The number of unbranched alkanes of at least 4 members (excludes halogenated alkanes) is 1. The lowest BCUT2D eigenvalue weighted by Gasteiger charge is -2.15. The van der Waals surface area contributed by atoms with Crippen LogP contribution in [0.15, 0.2) is 39.9 Å². The fourth-order valence-electron chi connectivity index (χ4n) is 2.28. The summed E-state index contributed by atoms with van der Waals surface area (Å²) in [5.41, 5.74) is 4.22. The summed E-state index contributed by atoms with van der Waals surface area (Å²) in [6.07, 6.45) is 1.59. The van der Waals surface area contributed by atoms with Crippen LogP contribution in [0.25, 0.3) is 0 Å². The van der Waals surface area contributed by atoms with Gasteiger partial charge < -0.3 is 11.1 Å². The predicted octanol–water partition coefficient (Wildman–Crippen LogP) is 0.649. The number of carbonyl (C=O) groups is 2. The molecule has 0 aliphatic carbocycles. The molecule has 0 saturated heterocycles. The molecule has 3 N–H and O–H groups in total. The number of carbonyl (C=O) groups excluding carboxylic acids is 2. The molecular formula is C16H18N4O4. The summed E-state index contributed by atoms with van der Waals surface area (Å²) in [4.78, 5) is 48.3. The first-order valence-electron chi connectivity index (χ1n) is 7.48. The minimum Gasteiger partial charge on any atom is -0.383 e. The van der Waals surface area contributed by atoms with Crippen molar-refractivity contribution in [1.82, 2.24) is 9.13 Å². The van der Waals surface area contributed by atoms with Gasteiger partial charge in [0.1, 0.15) is 11.5 Å². The highest BCUT2D eigenvalue weighted by Gasteiger charge is 2.21. The number of hydrogen-bond acceptors (Lipinski definition) is 5. The molecule has 0 bridgehead atoms. The lowest BCUT2D eigenvalue weighted by Crippen LogP contribution is -2.44. The van der Waals surface area contributed by atoms with Gasteiger partial charge in [-0.1, -0.05) is 31.5 Å². The Morgan fingerprint density at radius 1 is 1.25 bits per heavy atom. The number of anilines is 2. The molecule has 0 atom stereocenters. The smallest absolute Gasteiger partial charge is 0.339 e. The maximum atomic E-state index is 12.6. The Balaban J connectivity index is 2.72. The molecule has 8 heteroatoms. The van der Waals surface area contributed by atoms with Gasteiger partial charge in [-0.2, -0.15) is 0 Å². The van der Waals surface area contributed by atoms with Crippen molar-refractivity contribution in [3.8, 4) is 0 Å². The number of amides is 1. The monoisotopic (exact) mass is 330 g/mol. The molecule has 8 nitrogen and oxygen atoms in total. The molecular weight excluding hydrogens is 312 g/mol. The van der Waals surface area contributed by atoms with Crippen molar-refractivity contribution in [2.24, 2.45) is 0 Å². The van der Waals surface area contributed by atoms with Gasteiger partial charge in [0, 0.05) is 12.1 Å². The van der Waals surface area contributed by atoms with Gasteiger partial charge >= 0.3 is 5.69 Å². The van der Waals surface area contributed by atoms with Gasteiger partial charge in [-0.3, -0.25) is 19.0 Å². The van der Waals surface area contributed by atoms with Crippen molar-refractivity contribution < 1.29 is 9.59 Å². The summed E-state index contributed by atoms with van der Waals surface area (Å²) < 4.78 is 1.62. The third-order valence-corrected chi connectivity index (χ3v) is 3.54. The van der Waals surface area contributed by atoms with E-state index in [1.54, 1.807) is 18.2 Å². The summed E-state index contributed by atoms with van der Waals surface area (Å²) in [7, 11) is 0. The largest absolute Gasteiger partial charge is 0.383 e. The van der Waals surface area contributed by atoms with E-state index in [1.807, 2.05) is 6.92 Å². The van der Waals surface area contributed by atoms with Crippen LogP contribution in [0.3, 0.4) is 0 Å². The van der Waals surface area contributed by atoms with Crippen molar-refractivity contribution in [2.45, 2.75) is 26.3 Å². The molecule has 1 heterocycles. The number of nitrogens with two attached hydrogens (primary N) is 1. The Morgan fingerprint density at radius 2 is 1.92 bits per heavy atom. The highest BCUT2D eigenvalue weighted by Crippen LogP contribution is 2.12. The van der Waals surface area contributed by atoms with Crippen LogP contribution in [0.4, 0.5) is 11.5 Å². The van der Waals surface area contributed by atoms with Crippen LogP contribution in [0.2, 0.25) is 0 Å². The number of nitrogen functional groups attached to an aromatic ring is 1. The molecule has 0 aliphatic rings. The van der Waals surface area contributed by atoms with Crippen molar-refractivity contribution in [3.05, 3.63) is 56.7 Å². The van der Waals surface area contributed by atoms with Gasteiger partial charge in [-0.25, -0.2) is 9.36 Å². The molecule has 1 aromatic carbocycles. The molecule has 126 valence electrons. The Kier molecular flexibility index (Phi) is 5.31. The van der Waals surface area contributed by atoms with Crippen molar-refractivity contribution in [3.63, 3.8) is 0 Å². The summed E-state index contributed by atoms with van der Waals surface area (Å²) >= 11 is 0. The lowest BCUT2D eigenvalue weighted by molar-refractivity contribution is -0.105. The van der Waals surface area contributed by atoms with E-state index in [2.05, 4.69) is 5.32 Å². The number of nitrogens with zero attached hydrogens (tertiary/aromatic N) is 2. The van der Waals surface area contributed by atoms with Crippen LogP contribution in [-0.4, -0.2) is 21.5 Å². The molecule has 1 amide bonds. The SMILES string of the molecule is CCCCn1c(=O)c(NC=O)c(N)n(C(=O)c2ccccc2)c1=O. The van der Waals surface area contributed by atoms with E-state index in [0.717, 1.165) is 11.0 Å². The minimum atomic E-state index is -0.823. The molecule has 2 aromatic rings. The van der Waals surface area contributed by atoms with Crippen LogP contribution >= 0.6 is 0 Å². The average Bonchev–Trinajstić information content (AvgIpc) is 2.59. The molecule has 0 fully saturated rings. The van der Waals surface area contributed by atoms with Crippen LogP contribution in [0.5, 0.6) is 0 Å². The van der Waals surface area contributed by atoms with E-state index in [9.17, 15) is 19.2 Å². The van der Waals surface area contributed by atoms with Crippen molar-refractivity contribution >= 4 is 23.8 Å². The maximum absolute atomic E-state index is 12.6. The van der Waals surface area contributed by atoms with Crippen LogP contribution in [0.1, 0.15) is 30.1 Å². The number of benzene rings is 1. The topological polar surface area (TPSA) is 116 Å². The second kappa shape index (κ2) is 7.40. The third-order valence-electron chi connectivity index (χ3n) is 3.54. The zero-order valence-electron chi connectivity index (χ0n) is 13.2. The minimum absolute atomic E-state index is 0.129. The molecule has 0 unspecified atom stereocenters. The molecule has 0 radical (unpaired) electrons. The van der Waals surface area contributed by atoms with Crippen LogP contribution in [-0.2, 0) is 11.3 Å². The molecule has 2 rings (SSSR count). The highest BCUT2D eigenvalue weighted by molar-refractivity contribution is 5.98. The van der Waals surface area contributed by atoms with Gasteiger partial charge in [0.15, 0.2) is 0 Å². The Hall–Kier alpha value is -3.16. The van der Waals surface area contributed by atoms with Gasteiger partial charge in [0.05, 0.1) is 0 Å². The Labute approximate surface area is 137 Å². The summed E-state index contributed by atoms with van der Waals surface area (Å²) in [6.45, 7) is 2.03. The normalized spacial score (nSPS) is 10.4. The molecule has 0 saturated carbocycles. The molecule has 24 heavy (non-hydrogen) atoms. The Bertz CT molecular complexity index is 868. The number of rotatable bonds is 6. The molecule has 0 spiro atoms. The number of nitrogens with one attached hydrogen (secondary N) is 1. The quantitative estimate of drug-likeness (QED) is 0.754. The van der Waals surface area contributed by atoms with Gasteiger partial charge in [-0.15, -0.1) is 0 Å². The van der Waals surface area contributed by atoms with E-state index in [0.29, 0.717) is 11.0 Å². The highest BCUT2D eigenvalue weighted by atomic mass is 16.2. The predicted molar refractivity (Wildman–Crippen MR) is 90.1 cm³/mol. The zero-order valence-corrected chi connectivity index (χ0v) is 13.2. The third kappa shape index (κ3) is 3.12. The summed E-state index contributed by atoms with van der Waals surface area (Å²) in [5, 5.41) is 2.18. The summed E-state index contributed by atoms with van der Waals surface area (Å²) in [5.74, 6) is -1.06. The van der Waals surface area contributed by atoms with Gasteiger partial charge in [0.2, 0.25) is 6.41 Å².